The maximum absolute atomic E-state index is 11.4. The first kappa shape index (κ1) is 24.1. The van der Waals surface area contributed by atoms with Crippen LogP contribution in [0.4, 0.5) is 0 Å². The van der Waals surface area contributed by atoms with Crippen molar-refractivity contribution in [2.45, 2.75) is 53.9 Å². The molecule has 0 spiro atoms. The molecule has 0 radical (unpaired) electrons. The summed E-state index contributed by atoms with van der Waals surface area (Å²) in [6.07, 6.45) is 12.7. The molecule has 1 aromatic carbocycles. The molecule has 0 saturated heterocycles. The lowest BCUT2D eigenvalue weighted by Crippen LogP contribution is -2.19. The van der Waals surface area contributed by atoms with Crippen LogP contribution < -0.4 is 0 Å². The van der Waals surface area contributed by atoms with E-state index in [1.165, 1.54) is 30.1 Å². The summed E-state index contributed by atoms with van der Waals surface area (Å²) in [5.41, 5.74) is 6.05. The second-order valence-electron chi connectivity index (χ2n) is 8.81. The zero-order valence-electron chi connectivity index (χ0n) is 19.0. The third kappa shape index (κ3) is 6.68. The normalized spacial score (nSPS) is 17.9. The lowest BCUT2D eigenvalue weighted by atomic mass is 9.72. The van der Waals surface area contributed by atoms with Crippen LogP contribution in [-0.2, 0) is 4.79 Å². The van der Waals surface area contributed by atoms with Gasteiger partial charge in [-0.2, -0.15) is 0 Å². The van der Waals surface area contributed by atoms with E-state index in [-0.39, 0.29) is 11.0 Å². The Hall–Kier alpha value is -3.14. The molecule has 0 saturated carbocycles. The summed E-state index contributed by atoms with van der Waals surface area (Å²) in [5, 5.41) is 18.5. The van der Waals surface area contributed by atoms with Crippen LogP contribution in [0.5, 0.6) is 0 Å². The maximum atomic E-state index is 11.4. The van der Waals surface area contributed by atoms with Crippen LogP contribution in [0.1, 0.15) is 69.8 Å². The number of rotatable bonds is 7. The number of hydrogen-bond donors (Lipinski definition) is 2. The van der Waals surface area contributed by atoms with E-state index in [2.05, 4.69) is 32.9 Å². The van der Waals surface area contributed by atoms with Gasteiger partial charge >= 0.3 is 11.9 Å². The third-order valence-electron chi connectivity index (χ3n) is 5.75. The second-order valence-corrected chi connectivity index (χ2v) is 8.81. The topological polar surface area (TPSA) is 74.6 Å². The standard InChI is InChI=1S/C27H32O4/c1-18(12-14-24-19(2)8-7-15-27(24,4)5)11-13-23(20(3)16-25(28)29)21-9-6-10-22(17-21)26(30)31/h6,9-14,16-17H,7-8,15H2,1-5H3,(H,28,29)(H,30,31)/b14-12?,18-11?,20-16-,23-13?. The average molecular weight is 421 g/mol. The summed E-state index contributed by atoms with van der Waals surface area (Å²) in [7, 11) is 0. The van der Waals surface area contributed by atoms with Gasteiger partial charge in [-0.05, 0) is 79.9 Å². The minimum atomic E-state index is -1.04. The van der Waals surface area contributed by atoms with Crippen molar-refractivity contribution >= 4 is 17.5 Å². The van der Waals surface area contributed by atoms with E-state index >= 15 is 0 Å². The number of aliphatic carboxylic acids is 1. The van der Waals surface area contributed by atoms with Gasteiger partial charge < -0.3 is 10.2 Å². The molecule has 0 heterocycles. The van der Waals surface area contributed by atoms with E-state index in [1.54, 1.807) is 25.1 Å². The van der Waals surface area contributed by atoms with Crippen LogP contribution in [0.25, 0.3) is 5.57 Å². The van der Waals surface area contributed by atoms with Crippen molar-refractivity contribution in [1.29, 1.82) is 0 Å². The van der Waals surface area contributed by atoms with Gasteiger partial charge in [0.05, 0.1) is 5.56 Å². The molecule has 0 bridgehead atoms. The molecular formula is C27H32O4. The van der Waals surface area contributed by atoms with Gasteiger partial charge in [-0.25, -0.2) is 9.59 Å². The highest BCUT2D eigenvalue weighted by molar-refractivity contribution is 5.92. The molecule has 1 aliphatic rings. The van der Waals surface area contributed by atoms with E-state index in [0.717, 1.165) is 18.1 Å². The number of carbonyl (C=O) groups is 2. The number of aromatic carboxylic acids is 1. The zero-order valence-corrected chi connectivity index (χ0v) is 19.0. The number of hydrogen-bond acceptors (Lipinski definition) is 2. The molecule has 31 heavy (non-hydrogen) atoms. The summed E-state index contributed by atoms with van der Waals surface area (Å²) < 4.78 is 0. The lowest BCUT2D eigenvalue weighted by molar-refractivity contribution is -0.131. The molecule has 2 N–H and O–H groups in total. The lowest BCUT2D eigenvalue weighted by Gasteiger charge is -2.32. The molecule has 4 heteroatoms. The van der Waals surface area contributed by atoms with E-state index < -0.39 is 11.9 Å². The molecule has 2 rings (SSSR count). The number of carboxylic acid groups (broad SMARTS) is 2. The fourth-order valence-electron chi connectivity index (χ4n) is 4.03. The Morgan fingerprint density at radius 2 is 1.74 bits per heavy atom. The molecule has 0 atom stereocenters. The summed E-state index contributed by atoms with van der Waals surface area (Å²) in [5.74, 6) is -2.06. The summed E-state index contributed by atoms with van der Waals surface area (Å²) in [6, 6.07) is 6.53. The quantitative estimate of drug-likeness (QED) is 0.374. The minimum Gasteiger partial charge on any atom is -0.478 e. The van der Waals surface area contributed by atoms with Gasteiger partial charge in [-0.1, -0.05) is 61.4 Å². The van der Waals surface area contributed by atoms with Crippen molar-refractivity contribution in [3.8, 4) is 0 Å². The molecule has 0 amide bonds. The van der Waals surface area contributed by atoms with E-state index in [1.807, 2.05) is 19.1 Å². The van der Waals surface area contributed by atoms with Crippen LogP contribution >= 0.6 is 0 Å². The predicted octanol–water partition coefficient (Wildman–Crippen LogP) is 6.83. The Balaban J connectivity index is 2.43. The molecule has 0 fully saturated rings. The van der Waals surface area contributed by atoms with Crippen molar-refractivity contribution in [2.24, 2.45) is 5.41 Å². The first-order valence-electron chi connectivity index (χ1n) is 10.5. The monoisotopic (exact) mass is 420 g/mol. The van der Waals surface area contributed by atoms with Gasteiger partial charge in [0.15, 0.2) is 0 Å². The third-order valence-corrected chi connectivity index (χ3v) is 5.75. The van der Waals surface area contributed by atoms with E-state index in [9.17, 15) is 19.8 Å². The van der Waals surface area contributed by atoms with Crippen molar-refractivity contribution in [1.82, 2.24) is 0 Å². The fraction of sp³-hybridized carbons (Fsp3) is 0.333. The Labute approximate surface area is 185 Å². The van der Waals surface area contributed by atoms with Gasteiger partial charge in [0.1, 0.15) is 0 Å². The van der Waals surface area contributed by atoms with Crippen molar-refractivity contribution in [2.75, 3.05) is 0 Å². The minimum absolute atomic E-state index is 0.161. The Kier molecular flexibility index (Phi) is 7.98. The highest BCUT2D eigenvalue weighted by atomic mass is 16.4. The van der Waals surface area contributed by atoms with E-state index in [0.29, 0.717) is 16.7 Å². The summed E-state index contributed by atoms with van der Waals surface area (Å²) >= 11 is 0. The predicted molar refractivity (Wildman–Crippen MR) is 126 cm³/mol. The molecular weight excluding hydrogens is 388 g/mol. The van der Waals surface area contributed by atoms with Crippen molar-refractivity contribution in [3.05, 3.63) is 88.1 Å². The highest BCUT2D eigenvalue weighted by Crippen LogP contribution is 2.40. The second kappa shape index (κ2) is 10.3. The summed E-state index contributed by atoms with van der Waals surface area (Å²) in [6.45, 7) is 10.5. The van der Waals surface area contributed by atoms with Gasteiger partial charge in [0.2, 0.25) is 0 Å². The summed E-state index contributed by atoms with van der Waals surface area (Å²) in [4.78, 5) is 22.5. The SMILES string of the molecule is CC(C=CC1=C(C)CCCC1(C)C)=CC=C(/C(C)=C\C(=O)O)c1cccc(C(=O)O)c1. The van der Waals surface area contributed by atoms with Gasteiger partial charge in [0.25, 0.3) is 0 Å². The average Bonchev–Trinajstić information content (AvgIpc) is 2.67. The van der Waals surface area contributed by atoms with Crippen molar-refractivity contribution < 1.29 is 19.8 Å². The zero-order chi connectivity index (χ0) is 23.2. The first-order chi connectivity index (χ1) is 14.5. The number of carboxylic acids is 2. The van der Waals surface area contributed by atoms with Crippen LogP contribution in [0.15, 0.2) is 76.9 Å². The van der Waals surface area contributed by atoms with Gasteiger partial charge in [-0.3, -0.25) is 0 Å². The van der Waals surface area contributed by atoms with Gasteiger partial charge in [-0.15, -0.1) is 0 Å². The molecule has 0 aliphatic heterocycles. The molecule has 164 valence electrons. The Morgan fingerprint density at radius 1 is 1.06 bits per heavy atom. The van der Waals surface area contributed by atoms with Gasteiger partial charge in [0, 0.05) is 6.08 Å². The smallest absolute Gasteiger partial charge is 0.335 e. The Bertz CT molecular complexity index is 1010. The number of benzene rings is 1. The van der Waals surface area contributed by atoms with Crippen LogP contribution in [0, 0.1) is 5.41 Å². The largest absolute Gasteiger partial charge is 0.478 e. The maximum Gasteiger partial charge on any atom is 0.335 e. The molecule has 0 aromatic heterocycles. The molecule has 1 aromatic rings. The van der Waals surface area contributed by atoms with Crippen LogP contribution in [-0.4, -0.2) is 22.2 Å². The number of allylic oxidation sites excluding steroid dienone is 9. The van der Waals surface area contributed by atoms with Crippen molar-refractivity contribution in [3.63, 3.8) is 0 Å². The van der Waals surface area contributed by atoms with Crippen LogP contribution in [0.2, 0.25) is 0 Å². The highest BCUT2D eigenvalue weighted by Gasteiger charge is 2.26. The first-order valence-corrected chi connectivity index (χ1v) is 10.5. The fourth-order valence-corrected chi connectivity index (χ4v) is 4.03. The molecule has 4 nitrogen and oxygen atoms in total. The van der Waals surface area contributed by atoms with E-state index in [4.69, 9.17) is 0 Å². The Morgan fingerprint density at radius 3 is 2.35 bits per heavy atom. The van der Waals surface area contributed by atoms with Crippen LogP contribution in [0.3, 0.4) is 0 Å². The molecule has 1 aliphatic carbocycles. The molecule has 0 unspecified atom stereocenters.